The lowest BCUT2D eigenvalue weighted by Gasteiger charge is -2.03. The minimum absolute atomic E-state index is 0.0207. The molecule has 0 amide bonds. The fourth-order valence-electron chi connectivity index (χ4n) is 2.19. The summed E-state index contributed by atoms with van der Waals surface area (Å²) in [5.74, 6) is -0.382. The summed E-state index contributed by atoms with van der Waals surface area (Å²) >= 11 is 1.21. The number of nitro benzene ring substituents is 1. The lowest BCUT2D eigenvalue weighted by molar-refractivity contribution is -0.384. The molecular weight excluding hydrogens is 357 g/mol. The van der Waals surface area contributed by atoms with Crippen molar-refractivity contribution < 1.29 is 14.1 Å². The molecule has 2 aromatic carbocycles. The van der Waals surface area contributed by atoms with Gasteiger partial charge in [-0.25, -0.2) is 4.39 Å². The van der Waals surface area contributed by atoms with E-state index in [0.29, 0.717) is 21.8 Å². The van der Waals surface area contributed by atoms with Crippen LogP contribution in [-0.2, 0) is 0 Å². The number of benzene rings is 2. The average Bonchev–Trinajstić information content (AvgIpc) is 2.67. The smallest absolute Gasteiger partial charge is 0.270 e. The van der Waals surface area contributed by atoms with Crippen molar-refractivity contribution in [1.29, 1.82) is 0 Å². The van der Waals surface area contributed by atoms with Crippen LogP contribution in [-0.4, -0.2) is 26.7 Å². The number of non-ortho nitro benzene ring substituents is 1. The molecule has 0 unspecified atom stereocenters. The van der Waals surface area contributed by atoms with E-state index in [2.05, 4.69) is 10.2 Å². The van der Waals surface area contributed by atoms with Gasteiger partial charge in [-0.3, -0.25) is 14.9 Å². The van der Waals surface area contributed by atoms with Gasteiger partial charge in [0.15, 0.2) is 5.78 Å². The normalized spacial score (nSPS) is 10.5. The van der Waals surface area contributed by atoms with E-state index in [9.17, 15) is 19.3 Å². The topological polar surface area (TPSA) is 86.0 Å². The molecule has 26 heavy (non-hydrogen) atoms. The number of halogens is 1. The van der Waals surface area contributed by atoms with Gasteiger partial charge >= 0.3 is 0 Å². The first-order valence-electron chi connectivity index (χ1n) is 7.53. The number of hydrogen-bond acceptors (Lipinski definition) is 6. The second-order valence-electron chi connectivity index (χ2n) is 5.28. The van der Waals surface area contributed by atoms with Crippen molar-refractivity contribution in [2.75, 3.05) is 5.75 Å². The minimum atomic E-state index is -0.470. The molecule has 0 fully saturated rings. The maximum absolute atomic E-state index is 12.9. The van der Waals surface area contributed by atoms with Gasteiger partial charge in [0.1, 0.15) is 10.8 Å². The Morgan fingerprint density at radius 1 is 1.08 bits per heavy atom. The highest BCUT2D eigenvalue weighted by atomic mass is 32.2. The Labute approximate surface area is 152 Å². The first kappa shape index (κ1) is 17.7. The molecular formula is C18H12FN3O3S. The molecule has 0 atom stereocenters. The van der Waals surface area contributed by atoms with E-state index in [0.717, 1.165) is 0 Å². The maximum atomic E-state index is 12.9. The Morgan fingerprint density at radius 3 is 2.50 bits per heavy atom. The summed E-state index contributed by atoms with van der Waals surface area (Å²) < 4.78 is 12.9. The average molecular weight is 369 g/mol. The fraction of sp³-hybridized carbons (Fsp3) is 0.0556. The Kier molecular flexibility index (Phi) is 5.33. The number of hydrogen-bond donors (Lipinski definition) is 0. The van der Waals surface area contributed by atoms with Crippen LogP contribution in [0, 0.1) is 15.9 Å². The van der Waals surface area contributed by atoms with Gasteiger partial charge in [-0.05, 0) is 36.4 Å². The zero-order valence-electron chi connectivity index (χ0n) is 13.3. The molecule has 0 saturated heterocycles. The lowest BCUT2D eigenvalue weighted by atomic mass is 10.1. The van der Waals surface area contributed by atoms with Crippen molar-refractivity contribution in [3.05, 3.63) is 82.2 Å². The largest absolute Gasteiger partial charge is 0.293 e. The van der Waals surface area contributed by atoms with Gasteiger partial charge in [-0.15, -0.1) is 10.2 Å². The molecule has 3 rings (SSSR count). The summed E-state index contributed by atoms with van der Waals surface area (Å²) in [6.45, 7) is 0. The van der Waals surface area contributed by atoms with Crippen LogP contribution in [0.1, 0.15) is 10.4 Å². The molecule has 0 aliphatic heterocycles. The SMILES string of the molecule is O=C(CSc1ccc(-c2cccc([N+](=O)[O-])c2)nn1)c1ccc(F)cc1. The number of nitro groups is 1. The van der Waals surface area contributed by atoms with Gasteiger partial charge in [0.2, 0.25) is 0 Å². The second-order valence-corrected chi connectivity index (χ2v) is 6.28. The third kappa shape index (κ3) is 4.28. The summed E-state index contributed by atoms with van der Waals surface area (Å²) in [6.07, 6.45) is 0. The number of nitrogens with zero attached hydrogens (tertiary/aromatic N) is 3. The van der Waals surface area contributed by atoms with Crippen molar-refractivity contribution >= 4 is 23.2 Å². The molecule has 8 heteroatoms. The summed E-state index contributed by atoms with van der Waals surface area (Å²) in [7, 11) is 0. The van der Waals surface area contributed by atoms with E-state index < -0.39 is 10.7 Å². The summed E-state index contributed by atoms with van der Waals surface area (Å²) in [4.78, 5) is 22.4. The van der Waals surface area contributed by atoms with E-state index in [1.54, 1.807) is 24.3 Å². The van der Waals surface area contributed by atoms with Crippen molar-refractivity contribution in [3.63, 3.8) is 0 Å². The third-order valence-electron chi connectivity index (χ3n) is 3.51. The molecule has 1 aromatic heterocycles. The molecule has 0 N–H and O–H groups in total. The highest BCUT2D eigenvalue weighted by Gasteiger charge is 2.10. The molecule has 3 aromatic rings. The van der Waals surface area contributed by atoms with Crippen molar-refractivity contribution in [3.8, 4) is 11.3 Å². The molecule has 0 aliphatic rings. The number of ketones is 1. The number of Topliss-reactive ketones (excluding diaryl/α,β-unsaturated/α-hetero) is 1. The van der Waals surface area contributed by atoms with Gasteiger partial charge in [-0.2, -0.15) is 0 Å². The molecule has 6 nitrogen and oxygen atoms in total. The number of carbonyl (C=O) groups is 1. The van der Waals surface area contributed by atoms with Crippen LogP contribution in [0.25, 0.3) is 11.3 Å². The Bertz CT molecular complexity index is 947. The molecule has 0 spiro atoms. The second kappa shape index (κ2) is 7.83. The standard InChI is InChI=1S/C18H12FN3O3S/c19-14-6-4-12(5-7-14)17(23)11-26-18-9-8-16(20-21-18)13-2-1-3-15(10-13)22(24)25/h1-10H,11H2. The molecule has 0 radical (unpaired) electrons. The quantitative estimate of drug-likeness (QED) is 0.281. The summed E-state index contributed by atoms with van der Waals surface area (Å²) in [5, 5.41) is 19.5. The fourth-order valence-corrected chi connectivity index (χ4v) is 2.90. The van der Waals surface area contributed by atoms with Crippen molar-refractivity contribution in [1.82, 2.24) is 10.2 Å². The van der Waals surface area contributed by atoms with Gasteiger partial charge in [0.25, 0.3) is 5.69 Å². The van der Waals surface area contributed by atoms with Gasteiger partial charge in [0, 0.05) is 23.3 Å². The first-order valence-corrected chi connectivity index (χ1v) is 8.51. The van der Waals surface area contributed by atoms with Gasteiger partial charge in [-0.1, -0.05) is 23.9 Å². The van der Waals surface area contributed by atoms with Crippen LogP contribution >= 0.6 is 11.8 Å². The zero-order valence-corrected chi connectivity index (χ0v) is 14.1. The summed E-state index contributed by atoms with van der Waals surface area (Å²) in [5.41, 5.74) is 1.50. The van der Waals surface area contributed by atoms with Crippen LogP contribution < -0.4 is 0 Å². The van der Waals surface area contributed by atoms with Crippen LogP contribution in [0.15, 0.2) is 65.7 Å². The first-order chi connectivity index (χ1) is 12.5. The minimum Gasteiger partial charge on any atom is -0.293 e. The maximum Gasteiger partial charge on any atom is 0.270 e. The van der Waals surface area contributed by atoms with E-state index in [1.165, 1.54) is 48.2 Å². The van der Waals surface area contributed by atoms with Crippen molar-refractivity contribution in [2.45, 2.75) is 5.03 Å². The molecule has 0 bridgehead atoms. The lowest BCUT2D eigenvalue weighted by Crippen LogP contribution is -2.02. The summed E-state index contributed by atoms with van der Waals surface area (Å²) in [6, 6.07) is 14.9. The van der Waals surface area contributed by atoms with Crippen molar-refractivity contribution in [2.24, 2.45) is 0 Å². The number of aromatic nitrogens is 2. The Hall–Kier alpha value is -3.13. The Morgan fingerprint density at radius 2 is 1.85 bits per heavy atom. The number of rotatable bonds is 6. The molecule has 0 saturated carbocycles. The molecule has 0 aliphatic carbocycles. The Balaban J connectivity index is 1.66. The van der Waals surface area contributed by atoms with E-state index in [4.69, 9.17) is 0 Å². The number of carbonyl (C=O) groups excluding carboxylic acids is 1. The highest BCUT2D eigenvalue weighted by molar-refractivity contribution is 7.99. The predicted molar refractivity (Wildman–Crippen MR) is 95.6 cm³/mol. The monoisotopic (exact) mass is 369 g/mol. The molecule has 1 heterocycles. The number of thioether (sulfide) groups is 1. The van der Waals surface area contributed by atoms with Gasteiger partial charge < -0.3 is 0 Å². The van der Waals surface area contributed by atoms with Crippen LogP contribution in [0.5, 0.6) is 0 Å². The van der Waals surface area contributed by atoms with Crippen LogP contribution in [0.4, 0.5) is 10.1 Å². The van der Waals surface area contributed by atoms with Crippen LogP contribution in [0.2, 0.25) is 0 Å². The van der Waals surface area contributed by atoms with E-state index >= 15 is 0 Å². The van der Waals surface area contributed by atoms with Gasteiger partial charge in [0.05, 0.1) is 16.4 Å². The third-order valence-corrected chi connectivity index (χ3v) is 4.43. The van der Waals surface area contributed by atoms with Crippen LogP contribution in [0.3, 0.4) is 0 Å². The van der Waals surface area contributed by atoms with E-state index in [1.807, 2.05) is 0 Å². The zero-order chi connectivity index (χ0) is 18.5. The highest BCUT2D eigenvalue weighted by Crippen LogP contribution is 2.23. The molecule has 130 valence electrons. The van der Waals surface area contributed by atoms with E-state index in [-0.39, 0.29) is 17.2 Å². The predicted octanol–water partition coefficient (Wildman–Crippen LogP) is 4.17.